The normalized spacial score (nSPS) is 26.8. The van der Waals surface area contributed by atoms with Crippen molar-refractivity contribution in [3.8, 4) is 0 Å². The van der Waals surface area contributed by atoms with E-state index in [1.807, 2.05) is 0 Å². The van der Waals surface area contributed by atoms with Gasteiger partial charge in [0.2, 0.25) is 0 Å². The highest BCUT2D eigenvalue weighted by Crippen LogP contribution is 2.39. The number of piperidine rings is 2. The molecule has 0 radical (unpaired) electrons. The van der Waals surface area contributed by atoms with Crippen molar-refractivity contribution in [2.45, 2.75) is 142 Å². The van der Waals surface area contributed by atoms with Crippen LogP contribution in [0.5, 0.6) is 0 Å². The van der Waals surface area contributed by atoms with Crippen LogP contribution >= 0.6 is 0 Å². The Morgan fingerprint density at radius 3 is 1.67 bits per heavy atom. The quantitative estimate of drug-likeness (QED) is 0.250. The highest BCUT2D eigenvalue weighted by Gasteiger charge is 2.45. The molecule has 6 nitrogen and oxygen atoms in total. The number of hydrogen-bond acceptors (Lipinski definition) is 6. The van der Waals surface area contributed by atoms with Gasteiger partial charge in [-0.05, 0) is 88.7 Å². The number of carbonyl (C=O) groups excluding carboxylic acids is 1. The number of carbonyl (C=O) groups is 1. The van der Waals surface area contributed by atoms with E-state index in [1.54, 1.807) is 0 Å². The van der Waals surface area contributed by atoms with E-state index < -0.39 is 0 Å². The molecule has 2 saturated heterocycles. The van der Waals surface area contributed by atoms with Gasteiger partial charge in [-0.3, -0.25) is 14.6 Å². The van der Waals surface area contributed by atoms with Gasteiger partial charge >= 0.3 is 5.97 Å². The second-order valence-corrected chi connectivity index (χ2v) is 13.1. The van der Waals surface area contributed by atoms with E-state index >= 15 is 0 Å². The smallest absolute Gasteiger partial charge is 0.311 e. The molecular weight excluding hydrogens is 416 g/mol. The van der Waals surface area contributed by atoms with Crippen molar-refractivity contribution in [1.29, 1.82) is 0 Å². The van der Waals surface area contributed by atoms with Crippen LogP contribution in [0.15, 0.2) is 0 Å². The monoisotopic (exact) mass is 468 g/mol. The molecule has 1 atom stereocenters. The number of unbranched alkanes of at least 4 members (excludes halogenated alkanes) is 1. The fourth-order valence-corrected chi connectivity index (χ4v) is 5.91. The molecular formula is C27H52N2O4. The van der Waals surface area contributed by atoms with Crippen molar-refractivity contribution in [2.24, 2.45) is 5.92 Å². The van der Waals surface area contributed by atoms with Crippen molar-refractivity contribution in [3.05, 3.63) is 0 Å². The molecule has 2 aliphatic heterocycles. The summed E-state index contributed by atoms with van der Waals surface area (Å²) in [7, 11) is 4.35. The first kappa shape index (κ1) is 28.5. The first-order valence-electron chi connectivity index (χ1n) is 13.0. The minimum atomic E-state index is -0.289. The van der Waals surface area contributed by atoms with Gasteiger partial charge in [0.15, 0.2) is 0 Å². The number of hydrogen-bond donors (Lipinski definition) is 0. The molecule has 2 aliphatic rings. The summed E-state index contributed by atoms with van der Waals surface area (Å²) in [5.41, 5.74) is 0.0338. The van der Waals surface area contributed by atoms with E-state index in [4.69, 9.17) is 14.5 Å². The average Bonchev–Trinajstić information content (AvgIpc) is 2.65. The van der Waals surface area contributed by atoms with Gasteiger partial charge in [-0.15, -0.1) is 0 Å². The zero-order chi connectivity index (χ0) is 25.2. The second kappa shape index (κ2) is 10.5. The summed E-state index contributed by atoms with van der Waals surface area (Å²) in [6.07, 6.45) is 6.21. The van der Waals surface area contributed by atoms with Gasteiger partial charge in [-0.25, -0.2) is 9.78 Å². The van der Waals surface area contributed by atoms with E-state index in [0.29, 0.717) is 0 Å². The largest absolute Gasteiger partial charge is 0.462 e. The van der Waals surface area contributed by atoms with Crippen LogP contribution in [0.25, 0.3) is 0 Å². The van der Waals surface area contributed by atoms with Gasteiger partial charge in [0, 0.05) is 35.0 Å². The van der Waals surface area contributed by atoms with Crippen LogP contribution in [0.3, 0.4) is 0 Å². The number of likely N-dealkylation sites (tertiary alicyclic amines) is 2. The maximum absolute atomic E-state index is 13.2. The van der Waals surface area contributed by atoms with Crippen molar-refractivity contribution in [2.75, 3.05) is 20.7 Å². The molecule has 0 N–H and O–H groups in total. The molecule has 0 aromatic heterocycles. The Kier molecular flexibility index (Phi) is 9.09. The minimum absolute atomic E-state index is 0.0149. The molecule has 0 spiro atoms. The minimum Gasteiger partial charge on any atom is -0.462 e. The molecule has 33 heavy (non-hydrogen) atoms. The topological polar surface area (TPSA) is 51.2 Å². The molecule has 0 aromatic rings. The van der Waals surface area contributed by atoms with Gasteiger partial charge in [0.05, 0.1) is 18.6 Å². The van der Waals surface area contributed by atoms with Gasteiger partial charge in [0.1, 0.15) is 6.10 Å². The highest BCUT2D eigenvalue weighted by molar-refractivity contribution is 5.72. The van der Waals surface area contributed by atoms with Crippen LogP contribution in [0.1, 0.15) is 107 Å². The van der Waals surface area contributed by atoms with Gasteiger partial charge in [-0.1, -0.05) is 19.8 Å². The lowest BCUT2D eigenvalue weighted by Gasteiger charge is -2.53. The summed E-state index contributed by atoms with van der Waals surface area (Å²) in [6.45, 7) is 20.3. The predicted molar refractivity (Wildman–Crippen MR) is 134 cm³/mol. The van der Waals surface area contributed by atoms with Crippen molar-refractivity contribution < 1.29 is 19.3 Å². The molecule has 2 rings (SSSR count). The van der Waals surface area contributed by atoms with Gasteiger partial charge in [0.25, 0.3) is 0 Å². The number of nitrogens with zero attached hydrogens (tertiary/aromatic N) is 2. The molecule has 194 valence electrons. The fourth-order valence-electron chi connectivity index (χ4n) is 5.91. The predicted octanol–water partition coefficient (Wildman–Crippen LogP) is 5.59. The highest BCUT2D eigenvalue weighted by atomic mass is 17.2. The van der Waals surface area contributed by atoms with Gasteiger partial charge < -0.3 is 4.74 Å². The molecule has 0 aromatic carbocycles. The van der Waals surface area contributed by atoms with E-state index in [2.05, 4.69) is 86.2 Å². The van der Waals surface area contributed by atoms with E-state index in [0.717, 1.165) is 44.9 Å². The van der Waals surface area contributed by atoms with Crippen molar-refractivity contribution in [3.63, 3.8) is 0 Å². The molecule has 0 amide bonds. The third kappa shape index (κ3) is 7.16. The molecule has 2 heterocycles. The Morgan fingerprint density at radius 2 is 1.24 bits per heavy atom. The molecule has 0 bridgehead atoms. The van der Waals surface area contributed by atoms with E-state index in [9.17, 15) is 4.79 Å². The van der Waals surface area contributed by atoms with Crippen molar-refractivity contribution in [1.82, 2.24) is 9.80 Å². The number of ether oxygens (including phenoxy) is 1. The molecule has 0 aliphatic carbocycles. The lowest BCUT2D eigenvalue weighted by Crippen LogP contribution is -2.60. The van der Waals surface area contributed by atoms with Crippen LogP contribution < -0.4 is 0 Å². The van der Waals surface area contributed by atoms with E-state index in [-0.39, 0.29) is 52.9 Å². The first-order valence-corrected chi connectivity index (χ1v) is 13.0. The maximum atomic E-state index is 13.2. The Labute approximate surface area is 203 Å². The number of esters is 1. The van der Waals surface area contributed by atoms with Crippen molar-refractivity contribution >= 4 is 5.97 Å². The summed E-state index contributed by atoms with van der Waals surface area (Å²) in [4.78, 5) is 29.6. The molecule has 0 saturated carbocycles. The zero-order valence-electron chi connectivity index (χ0n) is 23.4. The van der Waals surface area contributed by atoms with Crippen LogP contribution in [-0.2, 0) is 19.3 Å². The summed E-state index contributed by atoms with van der Waals surface area (Å²) in [5.74, 6) is -0.430. The third-order valence-corrected chi connectivity index (χ3v) is 8.54. The van der Waals surface area contributed by atoms with Crippen LogP contribution in [-0.4, -0.2) is 70.8 Å². The average molecular weight is 469 g/mol. The van der Waals surface area contributed by atoms with Gasteiger partial charge in [-0.2, -0.15) is 0 Å². The molecule has 2 fully saturated rings. The summed E-state index contributed by atoms with van der Waals surface area (Å²) >= 11 is 0. The Balaban J connectivity index is 1.95. The first-order chi connectivity index (χ1) is 15.0. The lowest BCUT2D eigenvalue weighted by molar-refractivity contribution is -0.344. The SMILES string of the molecule is CCCCC(COOC1CC(C)(C)N(C)C(C)(C)C1)C(=O)OC1CC(C)(C)N(C)C(C)(C)C1. The lowest BCUT2D eigenvalue weighted by atomic mass is 9.78. The Bertz CT molecular complexity index is 623. The zero-order valence-corrected chi connectivity index (χ0v) is 23.4. The fraction of sp³-hybridized carbons (Fsp3) is 0.963. The molecule has 1 unspecified atom stereocenters. The summed E-state index contributed by atoms with van der Waals surface area (Å²) in [5, 5.41) is 0. The summed E-state index contributed by atoms with van der Waals surface area (Å²) in [6, 6.07) is 0. The van der Waals surface area contributed by atoms with Crippen LogP contribution in [0.4, 0.5) is 0 Å². The van der Waals surface area contributed by atoms with E-state index in [1.165, 1.54) is 0 Å². The summed E-state index contributed by atoms with van der Waals surface area (Å²) < 4.78 is 6.09. The third-order valence-electron chi connectivity index (χ3n) is 8.54. The Morgan fingerprint density at radius 1 is 0.818 bits per heavy atom. The maximum Gasteiger partial charge on any atom is 0.311 e. The Hall–Kier alpha value is -0.690. The second-order valence-electron chi connectivity index (χ2n) is 13.1. The number of rotatable bonds is 9. The standard InChI is InChI=1S/C27H52N2O4/c1-12-13-14-20(19-31-33-22-17-26(6,7)29(11)27(8,9)18-22)23(30)32-21-15-24(2,3)28(10)25(4,5)16-21/h20-22H,12-19H2,1-11H3. The van der Waals surface area contributed by atoms with Crippen LogP contribution in [0, 0.1) is 5.92 Å². The van der Waals surface area contributed by atoms with Crippen LogP contribution in [0.2, 0.25) is 0 Å². The molecule has 6 heteroatoms.